The van der Waals surface area contributed by atoms with E-state index in [0.29, 0.717) is 29.5 Å². The van der Waals surface area contributed by atoms with E-state index in [0.717, 1.165) is 17.7 Å². The molecule has 1 aliphatic heterocycles. The van der Waals surface area contributed by atoms with Gasteiger partial charge >= 0.3 is 6.01 Å². The molecule has 0 amide bonds. The Morgan fingerprint density at radius 2 is 1.68 bits per heavy atom. The molecule has 2 aromatic carbocycles. The normalized spacial score (nSPS) is 21.1. The van der Waals surface area contributed by atoms with E-state index < -0.39 is 0 Å². The molecule has 0 radical (unpaired) electrons. The van der Waals surface area contributed by atoms with E-state index in [2.05, 4.69) is 39.1 Å². The van der Waals surface area contributed by atoms with E-state index in [-0.39, 0.29) is 0 Å². The highest BCUT2D eigenvalue weighted by atomic mass is 35.5. The molecule has 3 aromatic rings. The highest BCUT2D eigenvalue weighted by Crippen LogP contribution is 2.41. The van der Waals surface area contributed by atoms with Crippen molar-refractivity contribution in [3.8, 4) is 17.1 Å². The molecule has 160 valence electrons. The first-order chi connectivity index (χ1) is 15.2. The van der Waals surface area contributed by atoms with Crippen LogP contribution in [-0.2, 0) is 6.54 Å². The lowest BCUT2D eigenvalue weighted by Crippen LogP contribution is -2.27. The van der Waals surface area contributed by atoms with Crippen LogP contribution in [0.15, 0.2) is 60.9 Å². The fourth-order valence-corrected chi connectivity index (χ4v) is 4.83. The number of likely N-dealkylation sites (tertiary alicyclic amines) is 1. The zero-order valence-corrected chi connectivity index (χ0v) is 18.5. The van der Waals surface area contributed by atoms with E-state index in [9.17, 15) is 0 Å². The van der Waals surface area contributed by atoms with Crippen molar-refractivity contribution < 1.29 is 4.74 Å². The van der Waals surface area contributed by atoms with Crippen molar-refractivity contribution in [1.29, 1.82) is 0 Å². The monoisotopic (exact) mass is 433 g/mol. The summed E-state index contributed by atoms with van der Waals surface area (Å²) >= 11 is 6.06. The molecule has 0 N–H and O–H groups in total. The second-order valence-corrected chi connectivity index (χ2v) is 9.27. The lowest BCUT2D eigenvalue weighted by atomic mass is 9.72. The van der Waals surface area contributed by atoms with Crippen LogP contribution in [0.25, 0.3) is 11.1 Å². The van der Waals surface area contributed by atoms with Crippen LogP contribution in [0.3, 0.4) is 0 Å². The summed E-state index contributed by atoms with van der Waals surface area (Å²) in [7, 11) is 0. The summed E-state index contributed by atoms with van der Waals surface area (Å²) in [6, 6.07) is 17.4. The molecular weight excluding hydrogens is 406 g/mol. The molecule has 31 heavy (non-hydrogen) atoms. The molecule has 1 aromatic heterocycles. The van der Waals surface area contributed by atoms with Gasteiger partial charge in [-0.1, -0.05) is 48.0 Å². The molecule has 1 saturated heterocycles. The van der Waals surface area contributed by atoms with Gasteiger partial charge in [-0.25, -0.2) is 9.97 Å². The molecule has 2 aliphatic rings. The SMILES string of the molecule is Clc1cccc(-c2cnc(OCC3CC(c4ccc(CN5CCCC5)cc4)C3)nc2)c1. The quantitative estimate of drug-likeness (QED) is 0.460. The molecule has 0 atom stereocenters. The van der Waals surface area contributed by atoms with Crippen LogP contribution < -0.4 is 4.74 Å². The number of aromatic nitrogens is 2. The Balaban J connectivity index is 1.08. The van der Waals surface area contributed by atoms with Gasteiger partial charge in [-0.2, -0.15) is 0 Å². The lowest BCUT2D eigenvalue weighted by Gasteiger charge is -2.35. The largest absolute Gasteiger partial charge is 0.463 e. The number of ether oxygens (including phenoxy) is 1. The lowest BCUT2D eigenvalue weighted by molar-refractivity contribution is 0.149. The van der Waals surface area contributed by atoms with Crippen LogP contribution in [0.1, 0.15) is 42.7 Å². The zero-order chi connectivity index (χ0) is 21.0. The molecule has 1 aliphatic carbocycles. The van der Waals surface area contributed by atoms with Crippen molar-refractivity contribution in [2.75, 3.05) is 19.7 Å². The highest BCUT2D eigenvalue weighted by Gasteiger charge is 2.31. The molecule has 0 spiro atoms. The Morgan fingerprint density at radius 1 is 0.935 bits per heavy atom. The standard InChI is InChI=1S/C26H28ClN3O/c27-25-5-3-4-22(14-25)24-15-28-26(29-16-24)31-18-20-12-23(13-20)21-8-6-19(7-9-21)17-30-10-1-2-11-30/h3-9,14-16,20,23H,1-2,10-13,17-18H2. The third kappa shape index (κ3) is 5.08. The van der Waals surface area contributed by atoms with Crippen molar-refractivity contribution in [3.05, 3.63) is 77.1 Å². The van der Waals surface area contributed by atoms with Gasteiger partial charge in [-0.3, -0.25) is 4.90 Å². The van der Waals surface area contributed by atoms with Gasteiger partial charge in [-0.15, -0.1) is 0 Å². The number of hydrogen-bond donors (Lipinski definition) is 0. The van der Waals surface area contributed by atoms with Crippen molar-refractivity contribution in [3.63, 3.8) is 0 Å². The third-order valence-electron chi connectivity index (χ3n) is 6.53. The molecule has 0 unspecified atom stereocenters. The molecule has 2 fully saturated rings. The molecule has 5 heteroatoms. The van der Waals surface area contributed by atoms with Gasteiger partial charge in [0, 0.05) is 29.5 Å². The summed E-state index contributed by atoms with van der Waals surface area (Å²) in [4.78, 5) is 11.3. The minimum atomic E-state index is 0.445. The summed E-state index contributed by atoms with van der Waals surface area (Å²) in [6.07, 6.45) is 8.63. The number of rotatable bonds is 7. The van der Waals surface area contributed by atoms with Crippen LogP contribution >= 0.6 is 11.6 Å². The van der Waals surface area contributed by atoms with E-state index >= 15 is 0 Å². The van der Waals surface area contributed by atoms with Gasteiger partial charge < -0.3 is 4.74 Å². The topological polar surface area (TPSA) is 38.2 Å². The van der Waals surface area contributed by atoms with Gasteiger partial charge in [0.2, 0.25) is 0 Å². The van der Waals surface area contributed by atoms with E-state index in [1.165, 1.54) is 49.9 Å². The molecule has 0 bridgehead atoms. The van der Waals surface area contributed by atoms with E-state index in [1.807, 2.05) is 24.3 Å². The zero-order valence-electron chi connectivity index (χ0n) is 17.7. The van der Waals surface area contributed by atoms with Crippen LogP contribution in [0.2, 0.25) is 5.02 Å². The van der Waals surface area contributed by atoms with Gasteiger partial charge in [0.25, 0.3) is 0 Å². The summed E-state index contributed by atoms with van der Waals surface area (Å²) in [5.74, 6) is 1.23. The number of nitrogens with zero attached hydrogens (tertiary/aromatic N) is 3. The van der Waals surface area contributed by atoms with Crippen molar-refractivity contribution in [2.45, 2.75) is 38.1 Å². The maximum absolute atomic E-state index is 6.06. The summed E-state index contributed by atoms with van der Waals surface area (Å²) in [5.41, 5.74) is 4.84. The fourth-order valence-electron chi connectivity index (χ4n) is 4.64. The van der Waals surface area contributed by atoms with Gasteiger partial charge in [0.15, 0.2) is 0 Å². The number of hydrogen-bond acceptors (Lipinski definition) is 4. The molecular formula is C26H28ClN3O. The average Bonchev–Trinajstić information content (AvgIpc) is 3.27. The summed E-state index contributed by atoms with van der Waals surface area (Å²) in [5, 5.41) is 0.707. The fraction of sp³-hybridized carbons (Fsp3) is 0.385. The van der Waals surface area contributed by atoms with Crippen LogP contribution in [0, 0.1) is 5.92 Å². The maximum atomic E-state index is 6.06. The summed E-state index contributed by atoms with van der Waals surface area (Å²) in [6.45, 7) is 4.27. The predicted octanol–water partition coefficient (Wildman–Crippen LogP) is 5.97. The van der Waals surface area contributed by atoms with Crippen molar-refractivity contribution in [1.82, 2.24) is 14.9 Å². The van der Waals surface area contributed by atoms with Gasteiger partial charge in [0.1, 0.15) is 0 Å². The van der Waals surface area contributed by atoms with Crippen molar-refractivity contribution >= 4 is 11.6 Å². The molecule has 2 heterocycles. The van der Waals surface area contributed by atoms with Crippen LogP contribution in [-0.4, -0.2) is 34.6 Å². The Bertz CT molecular complexity index is 994. The maximum Gasteiger partial charge on any atom is 0.316 e. The number of benzene rings is 2. The molecule has 5 rings (SSSR count). The van der Waals surface area contributed by atoms with Crippen molar-refractivity contribution in [2.24, 2.45) is 5.92 Å². The Labute approximate surface area is 189 Å². The highest BCUT2D eigenvalue weighted by molar-refractivity contribution is 6.30. The van der Waals surface area contributed by atoms with E-state index in [4.69, 9.17) is 16.3 Å². The number of halogens is 1. The van der Waals surface area contributed by atoms with E-state index in [1.54, 1.807) is 12.4 Å². The molecule has 1 saturated carbocycles. The Morgan fingerprint density at radius 3 is 2.39 bits per heavy atom. The summed E-state index contributed by atoms with van der Waals surface area (Å²) < 4.78 is 5.85. The first kappa shape index (κ1) is 20.5. The first-order valence-corrected chi connectivity index (χ1v) is 11.6. The molecule has 4 nitrogen and oxygen atoms in total. The Kier molecular flexibility index (Phi) is 6.19. The minimum Gasteiger partial charge on any atom is -0.463 e. The smallest absolute Gasteiger partial charge is 0.316 e. The second kappa shape index (κ2) is 9.37. The van der Waals surface area contributed by atoms with Crippen LogP contribution in [0.4, 0.5) is 0 Å². The van der Waals surface area contributed by atoms with Gasteiger partial charge in [-0.05, 0) is 79.4 Å². The minimum absolute atomic E-state index is 0.445. The van der Waals surface area contributed by atoms with Crippen LogP contribution in [0.5, 0.6) is 6.01 Å². The first-order valence-electron chi connectivity index (χ1n) is 11.2. The Hall–Kier alpha value is -2.43. The van der Waals surface area contributed by atoms with Gasteiger partial charge in [0.05, 0.1) is 6.61 Å². The second-order valence-electron chi connectivity index (χ2n) is 8.83. The third-order valence-corrected chi connectivity index (χ3v) is 6.76. The predicted molar refractivity (Wildman–Crippen MR) is 124 cm³/mol. The average molecular weight is 434 g/mol.